The third-order valence-electron chi connectivity index (χ3n) is 5.04. The van der Waals surface area contributed by atoms with Gasteiger partial charge < -0.3 is 20.1 Å². The van der Waals surface area contributed by atoms with Gasteiger partial charge in [-0.05, 0) is 79.1 Å². The Balaban J connectivity index is 1.45. The SMILES string of the molecule is COc1cc(CN(C(=O)Nc2ccc(Sc3ncccn3)cc2C)C2CC2)ccc1O. The van der Waals surface area contributed by atoms with Gasteiger partial charge in [-0.1, -0.05) is 6.07 Å². The number of hydrogen-bond acceptors (Lipinski definition) is 6. The van der Waals surface area contributed by atoms with Crippen LogP contribution < -0.4 is 10.1 Å². The molecule has 1 aromatic heterocycles. The number of aromatic hydroxyl groups is 1. The van der Waals surface area contributed by atoms with Gasteiger partial charge in [-0.15, -0.1) is 0 Å². The maximum absolute atomic E-state index is 13.1. The zero-order valence-electron chi connectivity index (χ0n) is 17.4. The van der Waals surface area contributed by atoms with Gasteiger partial charge in [0.2, 0.25) is 0 Å². The van der Waals surface area contributed by atoms with Crippen LogP contribution in [0.4, 0.5) is 10.5 Å². The van der Waals surface area contributed by atoms with Crippen molar-refractivity contribution in [3.8, 4) is 11.5 Å². The topological polar surface area (TPSA) is 87.6 Å². The summed E-state index contributed by atoms with van der Waals surface area (Å²) in [5.41, 5.74) is 2.65. The lowest BCUT2D eigenvalue weighted by Crippen LogP contribution is -2.36. The molecule has 0 aliphatic heterocycles. The van der Waals surface area contributed by atoms with E-state index in [2.05, 4.69) is 15.3 Å². The highest BCUT2D eigenvalue weighted by Crippen LogP contribution is 2.33. The minimum Gasteiger partial charge on any atom is -0.504 e. The Hall–Kier alpha value is -3.26. The molecular formula is C23H24N4O3S. The van der Waals surface area contributed by atoms with Crippen LogP contribution >= 0.6 is 11.8 Å². The molecule has 2 aromatic carbocycles. The number of phenols is 1. The minimum absolute atomic E-state index is 0.0863. The van der Waals surface area contributed by atoms with Crippen molar-refractivity contribution in [3.05, 3.63) is 66.0 Å². The molecule has 1 saturated carbocycles. The molecule has 1 aliphatic carbocycles. The van der Waals surface area contributed by atoms with Crippen LogP contribution in [0.25, 0.3) is 0 Å². The van der Waals surface area contributed by atoms with Gasteiger partial charge in [0, 0.05) is 35.6 Å². The quantitative estimate of drug-likeness (QED) is 0.515. The van der Waals surface area contributed by atoms with E-state index in [1.54, 1.807) is 30.6 Å². The molecule has 0 radical (unpaired) electrons. The monoisotopic (exact) mass is 436 g/mol. The Kier molecular flexibility index (Phi) is 6.27. The molecule has 0 unspecified atom stereocenters. The predicted octanol–water partition coefficient (Wildman–Crippen LogP) is 4.85. The normalized spacial score (nSPS) is 13.0. The number of aromatic nitrogens is 2. The summed E-state index contributed by atoms with van der Waals surface area (Å²) in [7, 11) is 1.51. The van der Waals surface area contributed by atoms with Crippen molar-refractivity contribution >= 4 is 23.5 Å². The van der Waals surface area contributed by atoms with Gasteiger partial charge in [-0.3, -0.25) is 0 Å². The number of methoxy groups -OCH3 is 1. The summed E-state index contributed by atoms with van der Waals surface area (Å²) in [6.07, 6.45) is 5.42. The second-order valence-electron chi connectivity index (χ2n) is 7.41. The average molecular weight is 437 g/mol. The lowest BCUT2D eigenvalue weighted by atomic mass is 10.2. The molecule has 3 aromatic rings. The summed E-state index contributed by atoms with van der Waals surface area (Å²) in [5, 5.41) is 13.5. The number of ether oxygens (including phenoxy) is 1. The van der Waals surface area contributed by atoms with E-state index < -0.39 is 0 Å². The molecule has 31 heavy (non-hydrogen) atoms. The highest BCUT2D eigenvalue weighted by molar-refractivity contribution is 7.99. The number of nitrogens with zero attached hydrogens (tertiary/aromatic N) is 3. The Morgan fingerprint density at radius 3 is 2.68 bits per heavy atom. The molecule has 2 amide bonds. The van der Waals surface area contributed by atoms with E-state index in [9.17, 15) is 9.90 Å². The van der Waals surface area contributed by atoms with E-state index in [4.69, 9.17) is 4.74 Å². The van der Waals surface area contributed by atoms with E-state index in [-0.39, 0.29) is 17.8 Å². The molecule has 0 bridgehead atoms. The molecule has 2 N–H and O–H groups in total. The third kappa shape index (κ3) is 5.27. The van der Waals surface area contributed by atoms with Gasteiger partial charge >= 0.3 is 6.03 Å². The molecule has 1 fully saturated rings. The van der Waals surface area contributed by atoms with E-state index in [1.807, 2.05) is 36.1 Å². The van der Waals surface area contributed by atoms with Crippen LogP contribution in [0, 0.1) is 6.92 Å². The number of carbonyl (C=O) groups is 1. The summed E-state index contributed by atoms with van der Waals surface area (Å²) in [6.45, 7) is 2.42. The number of rotatable bonds is 7. The Bertz CT molecular complexity index is 1070. The van der Waals surface area contributed by atoms with Gasteiger partial charge in [0.25, 0.3) is 0 Å². The summed E-state index contributed by atoms with van der Waals surface area (Å²) < 4.78 is 5.19. The van der Waals surface area contributed by atoms with Gasteiger partial charge in [0.15, 0.2) is 16.7 Å². The van der Waals surface area contributed by atoms with E-state index in [0.717, 1.165) is 34.6 Å². The lowest BCUT2D eigenvalue weighted by Gasteiger charge is -2.24. The van der Waals surface area contributed by atoms with Crippen molar-refractivity contribution in [1.82, 2.24) is 14.9 Å². The summed E-state index contributed by atoms with van der Waals surface area (Å²) in [6, 6.07) is 12.9. The lowest BCUT2D eigenvalue weighted by molar-refractivity contribution is 0.206. The fourth-order valence-electron chi connectivity index (χ4n) is 3.24. The maximum atomic E-state index is 13.1. The first-order chi connectivity index (χ1) is 15.0. The van der Waals surface area contributed by atoms with Crippen molar-refractivity contribution in [2.75, 3.05) is 12.4 Å². The molecule has 160 valence electrons. The van der Waals surface area contributed by atoms with Crippen molar-refractivity contribution < 1.29 is 14.6 Å². The number of urea groups is 1. The molecule has 1 heterocycles. The van der Waals surface area contributed by atoms with Crippen molar-refractivity contribution in [2.24, 2.45) is 0 Å². The number of nitrogens with one attached hydrogen (secondary N) is 1. The highest BCUT2D eigenvalue weighted by atomic mass is 32.2. The van der Waals surface area contributed by atoms with Crippen LogP contribution in [0.3, 0.4) is 0 Å². The Morgan fingerprint density at radius 1 is 1.23 bits per heavy atom. The number of benzene rings is 2. The number of anilines is 1. The number of amides is 2. The maximum Gasteiger partial charge on any atom is 0.322 e. The van der Waals surface area contributed by atoms with Gasteiger partial charge in [-0.2, -0.15) is 0 Å². The summed E-state index contributed by atoms with van der Waals surface area (Å²) >= 11 is 1.48. The van der Waals surface area contributed by atoms with Gasteiger partial charge in [-0.25, -0.2) is 14.8 Å². The number of aryl methyl sites for hydroxylation is 1. The first-order valence-corrected chi connectivity index (χ1v) is 10.8. The van der Waals surface area contributed by atoms with Crippen LogP contribution in [0.15, 0.2) is 64.9 Å². The second-order valence-corrected chi connectivity index (χ2v) is 8.45. The van der Waals surface area contributed by atoms with E-state index >= 15 is 0 Å². The standard InChI is InChI=1S/C23H24N4O3S/c1-15-12-18(31-22-24-10-3-11-25-22)7-8-19(15)26-23(29)27(17-5-6-17)14-16-4-9-20(28)21(13-16)30-2/h3-4,7-13,17,28H,5-6,14H2,1-2H3,(H,26,29). The molecule has 0 atom stereocenters. The van der Waals surface area contributed by atoms with Crippen molar-refractivity contribution in [2.45, 2.75) is 42.4 Å². The zero-order valence-corrected chi connectivity index (χ0v) is 18.2. The first kappa shape index (κ1) is 21.0. The molecule has 4 rings (SSSR count). The molecule has 8 heteroatoms. The van der Waals surface area contributed by atoms with Crippen LogP contribution in [0.2, 0.25) is 0 Å². The largest absolute Gasteiger partial charge is 0.504 e. The minimum atomic E-state index is -0.135. The third-order valence-corrected chi connectivity index (χ3v) is 5.92. The highest BCUT2D eigenvalue weighted by Gasteiger charge is 2.33. The van der Waals surface area contributed by atoms with Gasteiger partial charge in [0.05, 0.1) is 7.11 Å². The molecule has 0 spiro atoms. The van der Waals surface area contributed by atoms with Crippen molar-refractivity contribution in [3.63, 3.8) is 0 Å². The Morgan fingerprint density at radius 2 is 2.00 bits per heavy atom. The van der Waals surface area contributed by atoms with E-state index in [0.29, 0.717) is 17.5 Å². The molecule has 0 saturated heterocycles. The molecule has 7 nitrogen and oxygen atoms in total. The second kappa shape index (κ2) is 9.26. The smallest absolute Gasteiger partial charge is 0.322 e. The summed E-state index contributed by atoms with van der Waals surface area (Å²) in [4.78, 5) is 24.4. The predicted molar refractivity (Wildman–Crippen MR) is 120 cm³/mol. The van der Waals surface area contributed by atoms with Crippen LogP contribution in [-0.2, 0) is 6.54 Å². The van der Waals surface area contributed by atoms with Gasteiger partial charge in [0.1, 0.15) is 0 Å². The fraction of sp³-hybridized carbons (Fsp3) is 0.261. The number of hydrogen-bond donors (Lipinski definition) is 2. The summed E-state index contributed by atoms with van der Waals surface area (Å²) in [5.74, 6) is 0.489. The Labute approximate surface area is 185 Å². The number of phenolic OH excluding ortho intramolecular Hbond substituents is 1. The average Bonchev–Trinajstić information content (AvgIpc) is 3.61. The first-order valence-electron chi connectivity index (χ1n) is 10.0. The molecular weight excluding hydrogens is 412 g/mol. The zero-order chi connectivity index (χ0) is 21.8. The number of carbonyl (C=O) groups excluding carboxylic acids is 1. The van der Waals surface area contributed by atoms with Crippen LogP contribution in [-0.4, -0.2) is 39.2 Å². The van der Waals surface area contributed by atoms with E-state index in [1.165, 1.54) is 18.9 Å². The fourth-order valence-corrected chi connectivity index (χ4v) is 4.05. The van der Waals surface area contributed by atoms with Crippen LogP contribution in [0.5, 0.6) is 11.5 Å². The van der Waals surface area contributed by atoms with Crippen molar-refractivity contribution in [1.29, 1.82) is 0 Å². The van der Waals surface area contributed by atoms with Crippen LogP contribution in [0.1, 0.15) is 24.0 Å². The molecule has 1 aliphatic rings.